The van der Waals surface area contributed by atoms with Gasteiger partial charge in [-0.2, -0.15) is 5.37 Å². The third kappa shape index (κ3) is 2.72. The van der Waals surface area contributed by atoms with E-state index in [0.29, 0.717) is 11.0 Å². The van der Waals surface area contributed by atoms with Gasteiger partial charge in [0.05, 0.1) is 26.9 Å². The smallest absolute Gasteiger partial charge is 0.399 e. The van der Waals surface area contributed by atoms with Gasteiger partial charge in [-0.3, -0.25) is 0 Å². The van der Waals surface area contributed by atoms with Crippen LogP contribution in [0.25, 0.3) is 6.08 Å². The van der Waals surface area contributed by atoms with E-state index >= 15 is 0 Å². The molecule has 0 atom stereocenters. The number of hydrogen-bond acceptors (Lipinski definition) is 2. The van der Waals surface area contributed by atoms with Crippen LogP contribution in [0.4, 0.5) is 4.39 Å². The number of rotatable bonds is 2. The van der Waals surface area contributed by atoms with Crippen molar-refractivity contribution in [2.24, 2.45) is 0 Å². The van der Waals surface area contributed by atoms with Crippen LogP contribution in [0.5, 0.6) is 0 Å². The van der Waals surface area contributed by atoms with E-state index in [0.717, 1.165) is 0 Å². The molecule has 2 rings (SSSR count). The van der Waals surface area contributed by atoms with Crippen LogP contribution in [-0.2, 0) is 9.31 Å². The Morgan fingerprint density at radius 1 is 1.15 bits per heavy atom. The van der Waals surface area contributed by atoms with E-state index in [1.165, 1.54) is 12.1 Å². The summed E-state index contributed by atoms with van der Waals surface area (Å²) in [6.45, 7) is 7.67. The molecule has 20 heavy (non-hydrogen) atoms. The van der Waals surface area contributed by atoms with Gasteiger partial charge in [0.1, 0.15) is 5.82 Å². The van der Waals surface area contributed by atoms with Crippen molar-refractivity contribution >= 4 is 34.3 Å². The third-order valence-corrected chi connectivity index (χ3v) is 3.90. The first-order chi connectivity index (χ1) is 9.14. The summed E-state index contributed by atoms with van der Waals surface area (Å²) < 4.78 is 25.9. The fourth-order valence-corrected chi connectivity index (χ4v) is 2.07. The molecule has 0 N–H and O–H groups in total. The molecule has 0 amide bonds. The molecule has 0 saturated carbocycles. The van der Waals surface area contributed by atoms with Crippen LogP contribution < -0.4 is 5.46 Å². The van der Waals surface area contributed by atoms with E-state index in [1.54, 1.807) is 12.1 Å². The molecule has 2 nitrogen and oxygen atoms in total. The summed E-state index contributed by atoms with van der Waals surface area (Å²) in [6, 6.07) is 4.69. The molecule has 4 radical (unpaired) electrons. The molecule has 6 heteroatoms. The van der Waals surface area contributed by atoms with Crippen LogP contribution in [-0.4, -0.2) is 34.0 Å². The van der Waals surface area contributed by atoms with Crippen molar-refractivity contribution in [3.05, 3.63) is 35.0 Å². The molecule has 0 aliphatic carbocycles. The van der Waals surface area contributed by atoms with Crippen LogP contribution in [0, 0.1) is 5.82 Å². The fourth-order valence-electron chi connectivity index (χ4n) is 2.07. The maximum atomic E-state index is 14.2. The first-order valence-corrected chi connectivity index (χ1v) is 6.51. The van der Waals surface area contributed by atoms with Gasteiger partial charge in [0.2, 0.25) is 0 Å². The Labute approximate surface area is 122 Å². The highest BCUT2D eigenvalue weighted by atomic mass is 19.1. The van der Waals surface area contributed by atoms with E-state index in [4.69, 9.17) is 25.0 Å². The fraction of sp³-hybridized carbons (Fsp3) is 0.429. The zero-order valence-electron chi connectivity index (χ0n) is 12.2. The predicted molar refractivity (Wildman–Crippen MR) is 81.6 cm³/mol. The van der Waals surface area contributed by atoms with Crippen molar-refractivity contribution in [1.29, 1.82) is 0 Å². The minimum absolute atomic E-state index is 0.105. The summed E-state index contributed by atoms with van der Waals surface area (Å²) in [5, 5.41) is 0.105. The molecule has 1 aliphatic heterocycles. The molecule has 0 bridgehead atoms. The molecule has 0 aromatic heterocycles. The molecule has 1 saturated heterocycles. The van der Waals surface area contributed by atoms with Crippen LogP contribution in [0.1, 0.15) is 33.3 Å². The SMILES string of the molecule is [B]C([B])=Cc1cccc(F)c1B1OC(C)(C)C(C)(C)O1. The Hall–Kier alpha value is -0.995. The molecule has 0 spiro atoms. The van der Waals surface area contributed by atoms with E-state index in [2.05, 4.69) is 0 Å². The van der Waals surface area contributed by atoms with Crippen LogP contribution >= 0.6 is 0 Å². The molecule has 1 heterocycles. The topological polar surface area (TPSA) is 18.5 Å². The second-order valence-corrected chi connectivity index (χ2v) is 5.98. The highest BCUT2D eigenvalue weighted by Gasteiger charge is 2.52. The maximum absolute atomic E-state index is 14.2. The van der Waals surface area contributed by atoms with Gasteiger partial charge < -0.3 is 9.31 Å². The zero-order chi connectivity index (χ0) is 15.1. The lowest BCUT2D eigenvalue weighted by atomic mass is 9.72. The van der Waals surface area contributed by atoms with E-state index < -0.39 is 24.1 Å². The summed E-state index contributed by atoms with van der Waals surface area (Å²) in [5.74, 6) is -0.404. The molecule has 100 valence electrons. The van der Waals surface area contributed by atoms with Gasteiger partial charge in [-0.05, 0) is 39.3 Å². The summed E-state index contributed by atoms with van der Waals surface area (Å²) in [5.41, 5.74) is -0.187. The average molecular weight is 268 g/mol. The number of halogens is 1. The lowest BCUT2D eigenvalue weighted by Gasteiger charge is -2.32. The van der Waals surface area contributed by atoms with Gasteiger partial charge in [-0.25, -0.2) is 4.39 Å². The standard InChI is InChI=1S/C14H16B3FO2/c1-13(2)14(3,4)20-17(19-13)12-9(8-11(15)16)6-5-7-10(12)18/h5-8H,1-4H3. The zero-order valence-corrected chi connectivity index (χ0v) is 12.2. The van der Waals surface area contributed by atoms with Gasteiger partial charge >= 0.3 is 7.12 Å². The molecular formula is C14H16B3FO2. The Balaban J connectivity index is 2.47. The first-order valence-electron chi connectivity index (χ1n) is 6.51. The lowest BCUT2D eigenvalue weighted by Crippen LogP contribution is -2.41. The van der Waals surface area contributed by atoms with E-state index in [-0.39, 0.29) is 5.37 Å². The molecule has 1 aromatic rings. The molecular weight excluding hydrogens is 252 g/mol. The number of hydrogen-bond donors (Lipinski definition) is 0. The predicted octanol–water partition coefficient (Wildman–Crippen LogP) is 1.76. The summed E-state index contributed by atoms with van der Waals surface area (Å²) >= 11 is 0. The summed E-state index contributed by atoms with van der Waals surface area (Å²) in [6.07, 6.45) is 1.50. The maximum Gasteiger partial charge on any atom is 0.498 e. The minimum Gasteiger partial charge on any atom is -0.399 e. The minimum atomic E-state index is -0.785. The van der Waals surface area contributed by atoms with Gasteiger partial charge in [0.15, 0.2) is 0 Å². The van der Waals surface area contributed by atoms with Crippen LogP contribution in [0.15, 0.2) is 23.6 Å². The third-order valence-electron chi connectivity index (χ3n) is 3.90. The van der Waals surface area contributed by atoms with Crippen molar-refractivity contribution in [3.63, 3.8) is 0 Å². The average Bonchev–Trinajstić information content (AvgIpc) is 2.46. The molecule has 1 aromatic carbocycles. The van der Waals surface area contributed by atoms with Crippen molar-refractivity contribution in [2.75, 3.05) is 0 Å². The van der Waals surface area contributed by atoms with Crippen LogP contribution in [0.3, 0.4) is 0 Å². The Kier molecular flexibility index (Phi) is 3.91. The quantitative estimate of drug-likeness (QED) is 0.761. The highest BCUT2D eigenvalue weighted by Crippen LogP contribution is 2.37. The monoisotopic (exact) mass is 268 g/mol. The highest BCUT2D eigenvalue weighted by molar-refractivity contribution is 6.63. The van der Waals surface area contributed by atoms with Crippen LogP contribution in [0.2, 0.25) is 0 Å². The lowest BCUT2D eigenvalue weighted by molar-refractivity contribution is 0.00578. The number of benzene rings is 1. The summed E-state index contributed by atoms with van der Waals surface area (Å²) in [4.78, 5) is 0. The first kappa shape index (κ1) is 15.4. The second kappa shape index (κ2) is 5.08. The van der Waals surface area contributed by atoms with E-state index in [9.17, 15) is 4.39 Å². The summed E-state index contributed by atoms with van der Waals surface area (Å²) in [7, 11) is 10.2. The van der Waals surface area contributed by atoms with Gasteiger partial charge in [-0.15, -0.1) is 0 Å². The van der Waals surface area contributed by atoms with Gasteiger partial charge in [-0.1, -0.05) is 18.2 Å². The van der Waals surface area contributed by atoms with Gasteiger partial charge in [0, 0.05) is 5.46 Å². The molecule has 1 fully saturated rings. The normalized spacial score (nSPS) is 19.9. The van der Waals surface area contributed by atoms with Crippen molar-refractivity contribution in [1.82, 2.24) is 0 Å². The van der Waals surface area contributed by atoms with E-state index in [1.807, 2.05) is 27.7 Å². The Bertz CT molecular complexity index is 535. The van der Waals surface area contributed by atoms with Gasteiger partial charge in [0.25, 0.3) is 0 Å². The Morgan fingerprint density at radius 3 is 2.20 bits per heavy atom. The van der Waals surface area contributed by atoms with Crippen molar-refractivity contribution < 1.29 is 13.7 Å². The van der Waals surface area contributed by atoms with Crippen molar-refractivity contribution in [3.8, 4) is 0 Å². The largest absolute Gasteiger partial charge is 0.498 e. The second-order valence-electron chi connectivity index (χ2n) is 5.98. The van der Waals surface area contributed by atoms with Crippen molar-refractivity contribution in [2.45, 2.75) is 38.9 Å². The Morgan fingerprint density at radius 2 is 1.70 bits per heavy atom. The molecule has 1 aliphatic rings. The molecule has 0 unspecified atom stereocenters.